The van der Waals surface area contributed by atoms with Crippen molar-refractivity contribution in [3.8, 4) is 0 Å². The van der Waals surface area contributed by atoms with Crippen LogP contribution in [0.4, 0.5) is 0 Å². The third kappa shape index (κ3) is 5.98. The van der Waals surface area contributed by atoms with E-state index in [0.717, 1.165) is 0 Å². The lowest BCUT2D eigenvalue weighted by Crippen LogP contribution is -2.17. The van der Waals surface area contributed by atoms with Crippen molar-refractivity contribution < 1.29 is 32.8 Å². The molecule has 8 heteroatoms. The van der Waals surface area contributed by atoms with Gasteiger partial charge in [0.25, 0.3) is 0 Å². The lowest BCUT2D eigenvalue weighted by molar-refractivity contribution is -0.141. The number of hydrogen-bond donors (Lipinski definition) is 1. The molecule has 0 aliphatic carbocycles. The predicted octanol–water partition coefficient (Wildman–Crippen LogP) is 0.806. The molecule has 1 aromatic heterocycles. The van der Waals surface area contributed by atoms with Crippen LogP contribution in [0, 0.1) is 0 Å². The molecule has 1 unspecified atom stereocenters. The van der Waals surface area contributed by atoms with E-state index in [1.54, 1.807) is 0 Å². The van der Waals surface area contributed by atoms with Crippen molar-refractivity contribution in [2.45, 2.75) is 12.7 Å². The van der Waals surface area contributed by atoms with E-state index in [9.17, 15) is 13.8 Å². The van der Waals surface area contributed by atoms with Crippen molar-refractivity contribution in [2.75, 3.05) is 25.6 Å². The molecule has 7 nitrogen and oxygen atoms in total. The van der Waals surface area contributed by atoms with Gasteiger partial charge in [-0.3, -0.25) is 9.00 Å². The van der Waals surface area contributed by atoms with Gasteiger partial charge < -0.3 is 19.0 Å². The molecule has 1 N–H and O–H groups in total. The fraction of sp³-hybridized carbons (Fsp3) is 0.500. The average molecular weight is 304 g/mol. The quantitative estimate of drug-likeness (QED) is 0.531. The number of esters is 1. The van der Waals surface area contributed by atoms with E-state index in [-0.39, 0.29) is 29.6 Å². The molecule has 112 valence electrons. The summed E-state index contributed by atoms with van der Waals surface area (Å²) in [7, 11) is -1.51. The van der Waals surface area contributed by atoms with Crippen molar-refractivity contribution in [2.24, 2.45) is 0 Å². The van der Waals surface area contributed by atoms with Crippen LogP contribution < -0.4 is 0 Å². The molecular formula is C12H16O7S. The van der Waals surface area contributed by atoms with Crippen molar-refractivity contribution in [1.29, 1.82) is 0 Å². The molecule has 20 heavy (non-hydrogen) atoms. The largest absolute Gasteiger partial charge is 0.475 e. The molecule has 0 aromatic carbocycles. The number of ether oxygens (including phenoxy) is 2. The zero-order valence-corrected chi connectivity index (χ0v) is 11.8. The zero-order chi connectivity index (χ0) is 15.0. The number of furan rings is 1. The number of carboxylic acid groups (broad SMARTS) is 1. The van der Waals surface area contributed by atoms with Crippen molar-refractivity contribution in [1.82, 2.24) is 0 Å². The summed E-state index contributed by atoms with van der Waals surface area (Å²) in [4.78, 5) is 21.9. The van der Waals surface area contributed by atoms with E-state index in [1.807, 2.05) is 6.92 Å². The van der Waals surface area contributed by atoms with Crippen LogP contribution in [0.1, 0.15) is 23.2 Å². The third-order valence-corrected chi connectivity index (χ3v) is 3.31. The molecule has 0 amide bonds. The van der Waals surface area contributed by atoms with Gasteiger partial charge in [-0.2, -0.15) is 0 Å². The van der Waals surface area contributed by atoms with Gasteiger partial charge in [0.1, 0.15) is 18.1 Å². The smallest absolute Gasteiger partial charge is 0.371 e. The Hall–Kier alpha value is -1.67. The van der Waals surface area contributed by atoms with Gasteiger partial charge in [-0.25, -0.2) is 4.79 Å². The highest BCUT2D eigenvalue weighted by Gasteiger charge is 2.14. The molecule has 0 aliphatic rings. The fourth-order valence-corrected chi connectivity index (χ4v) is 2.23. The molecule has 1 atom stereocenters. The van der Waals surface area contributed by atoms with E-state index in [0.29, 0.717) is 13.2 Å². The van der Waals surface area contributed by atoms with E-state index in [1.165, 1.54) is 12.1 Å². The van der Waals surface area contributed by atoms with Gasteiger partial charge in [-0.1, -0.05) is 0 Å². The first kappa shape index (κ1) is 16.4. The number of rotatable bonds is 9. The van der Waals surface area contributed by atoms with E-state index < -0.39 is 22.7 Å². The van der Waals surface area contributed by atoms with Crippen LogP contribution in [0.5, 0.6) is 0 Å². The molecule has 0 aliphatic heterocycles. The van der Waals surface area contributed by atoms with Gasteiger partial charge in [0.2, 0.25) is 5.76 Å². The molecule has 0 saturated heterocycles. The summed E-state index contributed by atoms with van der Waals surface area (Å²) in [6.07, 6.45) is 0. The van der Waals surface area contributed by atoms with Gasteiger partial charge in [-0.15, -0.1) is 0 Å². The van der Waals surface area contributed by atoms with Crippen molar-refractivity contribution in [3.63, 3.8) is 0 Å². The van der Waals surface area contributed by atoms with Crippen LogP contribution in [-0.2, 0) is 30.8 Å². The molecule has 1 heterocycles. The van der Waals surface area contributed by atoms with Crippen LogP contribution in [-0.4, -0.2) is 46.8 Å². The van der Waals surface area contributed by atoms with Gasteiger partial charge in [-0.05, 0) is 19.1 Å². The van der Waals surface area contributed by atoms with Crippen molar-refractivity contribution in [3.05, 3.63) is 23.7 Å². The molecule has 0 spiro atoms. The fourth-order valence-electron chi connectivity index (χ4n) is 1.31. The van der Waals surface area contributed by atoms with Crippen LogP contribution in [0.25, 0.3) is 0 Å². The maximum absolute atomic E-state index is 11.7. The lowest BCUT2D eigenvalue weighted by Gasteiger charge is -2.04. The summed E-state index contributed by atoms with van der Waals surface area (Å²) < 4.78 is 26.4. The van der Waals surface area contributed by atoms with E-state index >= 15 is 0 Å². The highest BCUT2D eigenvalue weighted by molar-refractivity contribution is 7.84. The molecule has 0 radical (unpaired) electrons. The Morgan fingerprint density at radius 3 is 2.70 bits per heavy atom. The van der Waals surface area contributed by atoms with E-state index in [4.69, 9.17) is 19.0 Å². The first-order valence-electron chi connectivity index (χ1n) is 5.93. The predicted molar refractivity (Wildman–Crippen MR) is 69.8 cm³/mol. The number of aromatic carboxylic acids is 1. The SMILES string of the molecule is CCOCCOC(=O)CS(=O)Cc1ccc(C(=O)O)o1. The standard InChI is InChI=1S/C12H16O7S/c1-2-17-5-6-18-11(13)8-20(16)7-9-3-4-10(19-9)12(14)15/h3-4H,2,5-8H2,1H3,(H,14,15). The second kappa shape index (κ2) is 8.49. The molecule has 1 rings (SSSR count). The topological polar surface area (TPSA) is 103 Å². The Kier molecular flexibility index (Phi) is 6.96. The van der Waals surface area contributed by atoms with Gasteiger partial charge in [0.15, 0.2) is 0 Å². The molecule has 0 saturated carbocycles. The summed E-state index contributed by atoms with van der Waals surface area (Å²) in [6.45, 7) is 2.78. The maximum Gasteiger partial charge on any atom is 0.371 e. The first-order chi connectivity index (χ1) is 9.52. The highest BCUT2D eigenvalue weighted by atomic mass is 32.2. The Labute approximate surface area is 118 Å². The van der Waals surface area contributed by atoms with E-state index in [2.05, 4.69) is 0 Å². The van der Waals surface area contributed by atoms with Gasteiger partial charge in [0.05, 0.1) is 12.4 Å². The first-order valence-corrected chi connectivity index (χ1v) is 7.42. The molecular weight excluding hydrogens is 288 g/mol. The summed E-state index contributed by atoms with van der Waals surface area (Å²) >= 11 is 0. The Morgan fingerprint density at radius 2 is 2.10 bits per heavy atom. The Bertz CT molecular complexity index is 480. The summed E-state index contributed by atoms with van der Waals surface area (Å²) in [5.41, 5.74) is 0. The number of hydrogen-bond acceptors (Lipinski definition) is 6. The molecule has 0 bridgehead atoms. The summed E-state index contributed by atoms with van der Waals surface area (Å²) in [6, 6.07) is 2.69. The van der Waals surface area contributed by atoms with Crippen molar-refractivity contribution >= 4 is 22.7 Å². The maximum atomic E-state index is 11.7. The van der Waals surface area contributed by atoms with Gasteiger partial charge in [0, 0.05) is 17.4 Å². The summed E-state index contributed by atoms with van der Waals surface area (Å²) in [5, 5.41) is 8.66. The lowest BCUT2D eigenvalue weighted by atomic mass is 10.4. The minimum absolute atomic E-state index is 0.0339. The zero-order valence-electron chi connectivity index (χ0n) is 11.0. The van der Waals surface area contributed by atoms with Crippen LogP contribution in [0.2, 0.25) is 0 Å². The average Bonchev–Trinajstić information content (AvgIpc) is 2.83. The normalized spacial score (nSPS) is 12.1. The number of carbonyl (C=O) groups is 2. The Morgan fingerprint density at radius 1 is 1.35 bits per heavy atom. The van der Waals surface area contributed by atoms with Crippen LogP contribution in [0.15, 0.2) is 16.5 Å². The Balaban J connectivity index is 2.31. The van der Waals surface area contributed by atoms with Crippen LogP contribution >= 0.6 is 0 Å². The molecule has 0 fully saturated rings. The second-order valence-corrected chi connectivity index (χ2v) is 5.17. The second-order valence-electron chi connectivity index (χ2n) is 3.72. The number of carboxylic acids is 1. The molecule has 1 aromatic rings. The van der Waals surface area contributed by atoms with Gasteiger partial charge >= 0.3 is 11.9 Å². The monoisotopic (exact) mass is 304 g/mol. The summed E-state index contributed by atoms with van der Waals surface area (Å²) in [5.74, 6) is -2.06. The minimum atomic E-state index is -1.51. The van der Waals surface area contributed by atoms with Crippen LogP contribution in [0.3, 0.4) is 0 Å². The third-order valence-electron chi connectivity index (χ3n) is 2.15. The highest BCUT2D eigenvalue weighted by Crippen LogP contribution is 2.10. The number of carbonyl (C=O) groups excluding carboxylic acids is 1. The minimum Gasteiger partial charge on any atom is -0.475 e.